The van der Waals surface area contributed by atoms with Gasteiger partial charge in [-0.2, -0.15) is 0 Å². The molecule has 0 aromatic heterocycles. The lowest BCUT2D eigenvalue weighted by Gasteiger charge is -2.45. The van der Waals surface area contributed by atoms with Crippen LogP contribution in [0, 0.1) is 0 Å². The summed E-state index contributed by atoms with van der Waals surface area (Å²) in [5.74, 6) is -1.35. The Morgan fingerprint density at radius 1 is 1.24 bits per heavy atom. The van der Waals surface area contributed by atoms with Gasteiger partial charge in [0.2, 0.25) is 0 Å². The zero-order valence-electron chi connectivity index (χ0n) is 15.3. The van der Waals surface area contributed by atoms with Gasteiger partial charge in [0.15, 0.2) is 11.9 Å². The molecule has 0 N–H and O–H groups in total. The lowest BCUT2D eigenvalue weighted by atomic mass is 9.96. The van der Waals surface area contributed by atoms with E-state index in [1.165, 1.54) is 7.11 Å². The van der Waals surface area contributed by atoms with Crippen LogP contribution in [-0.2, 0) is 25.6 Å². The number of hydrogen-bond acceptors (Lipinski definition) is 5. The highest BCUT2D eigenvalue weighted by atomic mass is 16.7. The van der Waals surface area contributed by atoms with Gasteiger partial charge in [-0.05, 0) is 33.3 Å². The second kappa shape index (κ2) is 7.80. The van der Waals surface area contributed by atoms with Crippen molar-refractivity contribution in [3.05, 3.63) is 47.5 Å². The van der Waals surface area contributed by atoms with Gasteiger partial charge in [-0.1, -0.05) is 42.0 Å². The Kier molecular flexibility index (Phi) is 5.98. The summed E-state index contributed by atoms with van der Waals surface area (Å²) in [5.41, 5.74) is 1.83. The first-order valence-electron chi connectivity index (χ1n) is 8.17. The van der Waals surface area contributed by atoms with Gasteiger partial charge >= 0.3 is 6.09 Å². The second-order valence-electron chi connectivity index (χ2n) is 6.63. The standard InChI is InChI=1S/C19H25NO5/c1-13(2)11-15-16(25-19(3,4)23-5)17(21)20(15)18(22)24-12-14-9-7-6-8-10-14/h6-11,15-16H,12H2,1-5H3/t15-,16+/m0/s1. The molecule has 1 aromatic carbocycles. The highest BCUT2D eigenvalue weighted by molar-refractivity contribution is 6.01. The third kappa shape index (κ3) is 4.67. The molecule has 1 fully saturated rings. The number of allylic oxidation sites excluding steroid dienone is 1. The van der Waals surface area contributed by atoms with E-state index in [0.717, 1.165) is 16.0 Å². The number of amides is 2. The van der Waals surface area contributed by atoms with Crippen molar-refractivity contribution >= 4 is 12.0 Å². The molecule has 0 radical (unpaired) electrons. The van der Waals surface area contributed by atoms with E-state index in [-0.39, 0.29) is 6.61 Å². The molecular formula is C19H25NO5. The Morgan fingerprint density at radius 2 is 1.88 bits per heavy atom. The third-order valence-electron chi connectivity index (χ3n) is 3.90. The van der Waals surface area contributed by atoms with Crippen LogP contribution in [0.5, 0.6) is 0 Å². The number of hydrogen-bond donors (Lipinski definition) is 0. The predicted octanol–water partition coefficient (Wildman–Crippen LogP) is 3.27. The molecule has 136 valence electrons. The molecule has 1 saturated heterocycles. The van der Waals surface area contributed by atoms with Crippen molar-refractivity contribution in [2.45, 2.75) is 52.2 Å². The first-order valence-corrected chi connectivity index (χ1v) is 8.17. The monoisotopic (exact) mass is 347 g/mol. The number of β-lactam (4-membered cyclic amide) rings is 1. The van der Waals surface area contributed by atoms with Gasteiger partial charge in [0.25, 0.3) is 5.91 Å². The van der Waals surface area contributed by atoms with Crippen molar-refractivity contribution in [3.63, 3.8) is 0 Å². The zero-order valence-corrected chi connectivity index (χ0v) is 15.3. The molecule has 0 aliphatic carbocycles. The fourth-order valence-electron chi connectivity index (χ4n) is 2.46. The molecule has 2 rings (SSSR count). The molecule has 6 heteroatoms. The fourth-order valence-corrected chi connectivity index (χ4v) is 2.46. The minimum Gasteiger partial charge on any atom is -0.444 e. The summed E-state index contributed by atoms with van der Waals surface area (Å²) in [5, 5.41) is 0. The summed E-state index contributed by atoms with van der Waals surface area (Å²) < 4.78 is 16.2. The molecule has 0 unspecified atom stereocenters. The first kappa shape index (κ1) is 19.1. The number of imide groups is 1. The number of methoxy groups -OCH3 is 1. The van der Waals surface area contributed by atoms with Crippen molar-refractivity contribution in [1.82, 2.24) is 4.90 Å². The summed E-state index contributed by atoms with van der Waals surface area (Å²) >= 11 is 0. The Balaban J connectivity index is 2.07. The largest absolute Gasteiger partial charge is 0.444 e. The van der Waals surface area contributed by atoms with E-state index < -0.39 is 29.9 Å². The Morgan fingerprint density at radius 3 is 2.44 bits per heavy atom. The molecule has 25 heavy (non-hydrogen) atoms. The minimum atomic E-state index is -0.923. The van der Waals surface area contributed by atoms with Crippen LogP contribution in [0.2, 0.25) is 0 Å². The van der Waals surface area contributed by atoms with Gasteiger partial charge in [0.1, 0.15) is 6.61 Å². The lowest BCUT2D eigenvalue weighted by molar-refractivity contribution is -0.246. The SMILES string of the molecule is COC(C)(C)O[C@H]1C(=O)N(C(=O)OCc2ccccc2)[C@H]1C=C(C)C. The van der Waals surface area contributed by atoms with E-state index in [1.807, 2.05) is 50.3 Å². The second-order valence-corrected chi connectivity index (χ2v) is 6.63. The van der Waals surface area contributed by atoms with Crippen LogP contribution in [0.1, 0.15) is 33.3 Å². The molecule has 1 aliphatic rings. The van der Waals surface area contributed by atoms with Crippen LogP contribution in [0.25, 0.3) is 0 Å². The smallest absolute Gasteiger partial charge is 0.417 e. The summed E-state index contributed by atoms with van der Waals surface area (Å²) in [6.45, 7) is 7.34. The van der Waals surface area contributed by atoms with Gasteiger partial charge in [-0.3, -0.25) is 4.79 Å². The summed E-state index contributed by atoms with van der Waals surface area (Å²) in [7, 11) is 1.50. The quantitative estimate of drug-likeness (QED) is 0.449. The normalized spacial score (nSPS) is 20.0. The Hall–Kier alpha value is -2.18. The van der Waals surface area contributed by atoms with E-state index in [9.17, 15) is 9.59 Å². The van der Waals surface area contributed by atoms with Crippen molar-refractivity contribution in [1.29, 1.82) is 0 Å². The minimum absolute atomic E-state index is 0.111. The number of likely N-dealkylation sites (tertiary alicyclic amines) is 1. The maximum atomic E-state index is 12.4. The van der Waals surface area contributed by atoms with Crippen LogP contribution >= 0.6 is 0 Å². The number of rotatable bonds is 6. The summed E-state index contributed by atoms with van der Waals surface area (Å²) in [4.78, 5) is 25.9. The van der Waals surface area contributed by atoms with Crippen molar-refractivity contribution in [3.8, 4) is 0 Å². The topological polar surface area (TPSA) is 65.1 Å². The average molecular weight is 347 g/mol. The number of carbonyl (C=O) groups is 2. The van der Waals surface area contributed by atoms with Crippen molar-refractivity contribution in [2.24, 2.45) is 0 Å². The molecule has 0 spiro atoms. The molecule has 6 nitrogen and oxygen atoms in total. The van der Waals surface area contributed by atoms with Gasteiger partial charge in [-0.25, -0.2) is 9.69 Å². The maximum absolute atomic E-state index is 12.4. The van der Waals surface area contributed by atoms with Crippen molar-refractivity contribution < 1.29 is 23.8 Å². The third-order valence-corrected chi connectivity index (χ3v) is 3.90. The number of carbonyl (C=O) groups excluding carboxylic acids is 2. The van der Waals surface area contributed by atoms with E-state index in [2.05, 4.69) is 0 Å². The maximum Gasteiger partial charge on any atom is 0.417 e. The lowest BCUT2D eigenvalue weighted by Crippen LogP contribution is -2.68. The van der Waals surface area contributed by atoms with Crippen LogP contribution in [-0.4, -0.2) is 41.9 Å². The Labute approximate surface area is 148 Å². The number of benzene rings is 1. The highest BCUT2D eigenvalue weighted by Crippen LogP contribution is 2.30. The molecule has 1 heterocycles. The zero-order chi connectivity index (χ0) is 18.6. The van der Waals surface area contributed by atoms with E-state index in [1.54, 1.807) is 13.8 Å². The van der Waals surface area contributed by atoms with Crippen LogP contribution < -0.4 is 0 Å². The van der Waals surface area contributed by atoms with Gasteiger partial charge in [0.05, 0.1) is 6.04 Å². The summed E-state index contributed by atoms with van der Waals surface area (Å²) in [6.07, 6.45) is 0.377. The molecule has 2 amide bonds. The molecule has 0 bridgehead atoms. The fraction of sp³-hybridized carbons (Fsp3) is 0.474. The first-order chi connectivity index (χ1) is 11.7. The van der Waals surface area contributed by atoms with E-state index in [4.69, 9.17) is 14.2 Å². The molecule has 2 atom stereocenters. The predicted molar refractivity (Wildman–Crippen MR) is 92.7 cm³/mol. The summed E-state index contributed by atoms with van der Waals surface area (Å²) in [6, 6.07) is 8.81. The van der Waals surface area contributed by atoms with E-state index >= 15 is 0 Å². The highest BCUT2D eigenvalue weighted by Gasteiger charge is 2.53. The molecule has 1 aromatic rings. The van der Waals surface area contributed by atoms with Gasteiger partial charge in [0, 0.05) is 7.11 Å². The van der Waals surface area contributed by atoms with Gasteiger partial charge < -0.3 is 14.2 Å². The molecular weight excluding hydrogens is 322 g/mol. The van der Waals surface area contributed by atoms with Gasteiger partial charge in [-0.15, -0.1) is 0 Å². The van der Waals surface area contributed by atoms with Crippen LogP contribution in [0.3, 0.4) is 0 Å². The average Bonchev–Trinajstić information content (AvgIpc) is 2.58. The molecule has 1 aliphatic heterocycles. The number of nitrogens with zero attached hydrogens (tertiary/aromatic N) is 1. The van der Waals surface area contributed by atoms with Crippen LogP contribution in [0.15, 0.2) is 42.0 Å². The Bertz CT molecular complexity index is 649. The van der Waals surface area contributed by atoms with E-state index in [0.29, 0.717) is 0 Å². The van der Waals surface area contributed by atoms with Crippen molar-refractivity contribution in [2.75, 3.05) is 7.11 Å². The molecule has 0 saturated carbocycles. The van der Waals surface area contributed by atoms with Crippen LogP contribution in [0.4, 0.5) is 4.79 Å². The number of ether oxygens (including phenoxy) is 3.